The van der Waals surface area contributed by atoms with Gasteiger partial charge in [-0.05, 0) is 41.7 Å². The van der Waals surface area contributed by atoms with Crippen LogP contribution in [0.25, 0.3) is 0 Å². The lowest BCUT2D eigenvalue weighted by Gasteiger charge is -2.42. The Morgan fingerprint density at radius 2 is 2.00 bits per heavy atom. The van der Waals surface area contributed by atoms with Gasteiger partial charge in [0.25, 0.3) is 0 Å². The minimum absolute atomic E-state index is 0.0640. The van der Waals surface area contributed by atoms with Gasteiger partial charge < -0.3 is 15.8 Å². The third-order valence-corrected chi connectivity index (χ3v) is 9.63. The van der Waals surface area contributed by atoms with Gasteiger partial charge in [-0.2, -0.15) is 5.26 Å². The van der Waals surface area contributed by atoms with E-state index in [1.54, 1.807) is 35.2 Å². The maximum absolute atomic E-state index is 13.7. The fourth-order valence-corrected chi connectivity index (χ4v) is 7.35. The Kier molecular flexibility index (Phi) is 8.53. The van der Waals surface area contributed by atoms with Crippen molar-refractivity contribution >= 4 is 68.8 Å². The third kappa shape index (κ3) is 5.85. The molecule has 13 heteroatoms. The molecule has 1 aromatic heterocycles. The number of nitrogens with one attached hydrogen (secondary N) is 1. The van der Waals surface area contributed by atoms with Crippen LogP contribution in [0.1, 0.15) is 38.2 Å². The number of rotatable bonds is 7. The van der Waals surface area contributed by atoms with Gasteiger partial charge in [-0.15, -0.1) is 10.2 Å². The lowest BCUT2D eigenvalue weighted by atomic mass is 9.68. The van der Waals surface area contributed by atoms with E-state index in [9.17, 15) is 14.9 Å². The van der Waals surface area contributed by atoms with E-state index < -0.39 is 5.92 Å². The van der Waals surface area contributed by atoms with Crippen molar-refractivity contribution in [2.75, 3.05) is 23.1 Å². The van der Waals surface area contributed by atoms with E-state index in [2.05, 4.69) is 21.6 Å². The molecule has 1 aliphatic heterocycles. The molecule has 1 unspecified atom stereocenters. The highest BCUT2D eigenvalue weighted by Gasteiger charge is 2.45. The lowest BCUT2D eigenvalue weighted by Crippen LogP contribution is -2.42. The van der Waals surface area contributed by atoms with Gasteiger partial charge in [0.1, 0.15) is 11.6 Å². The number of aromatic nitrogens is 2. The Balaban J connectivity index is 1.44. The van der Waals surface area contributed by atoms with Crippen LogP contribution in [0.5, 0.6) is 5.75 Å². The second-order valence-corrected chi connectivity index (χ2v) is 13.5. The van der Waals surface area contributed by atoms with Crippen LogP contribution in [-0.4, -0.2) is 34.8 Å². The van der Waals surface area contributed by atoms with Crippen molar-refractivity contribution in [2.24, 2.45) is 11.1 Å². The van der Waals surface area contributed by atoms with Crippen molar-refractivity contribution < 1.29 is 14.3 Å². The molecule has 42 heavy (non-hydrogen) atoms. The Hall–Kier alpha value is -3.56. The van der Waals surface area contributed by atoms with Gasteiger partial charge in [0.2, 0.25) is 11.0 Å². The number of ketones is 1. The van der Waals surface area contributed by atoms with E-state index >= 15 is 0 Å². The maximum Gasteiger partial charge on any atom is 0.234 e. The fraction of sp³-hybridized carbons (Fsp3) is 0.276. The fourth-order valence-electron chi connectivity index (χ4n) is 5.17. The molecule has 1 atom stereocenters. The number of Topliss-reactive ketones (excluding diaryl/α,β-unsaturated/α-hetero) is 1. The number of amides is 1. The van der Waals surface area contributed by atoms with Crippen LogP contribution in [0.15, 0.2) is 69.5 Å². The highest BCUT2D eigenvalue weighted by atomic mass is 35.5. The number of carbonyl (C=O) groups is 2. The van der Waals surface area contributed by atoms with E-state index in [1.807, 2.05) is 26.0 Å². The van der Waals surface area contributed by atoms with Crippen LogP contribution in [0.2, 0.25) is 10.0 Å². The Morgan fingerprint density at radius 3 is 2.69 bits per heavy atom. The smallest absolute Gasteiger partial charge is 0.234 e. The molecule has 0 saturated carbocycles. The lowest BCUT2D eigenvalue weighted by molar-refractivity contribution is -0.118. The molecular weight excluding hydrogens is 615 g/mol. The molecule has 3 aromatic rings. The van der Waals surface area contributed by atoms with Gasteiger partial charge in [0.05, 0.1) is 35.4 Å². The zero-order chi connectivity index (χ0) is 30.2. The summed E-state index contributed by atoms with van der Waals surface area (Å²) in [6.07, 6.45) is 0.855. The van der Waals surface area contributed by atoms with Crippen molar-refractivity contribution in [3.05, 3.63) is 80.7 Å². The molecule has 1 amide bonds. The van der Waals surface area contributed by atoms with Crippen molar-refractivity contribution in [1.82, 2.24) is 10.2 Å². The number of nitriles is 1. The molecule has 0 bridgehead atoms. The number of methoxy groups -OCH3 is 1. The van der Waals surface area contributed by atoms with Gasteiger partial charge in [-0.3, -0.25) is 14.5 Å². The molecule has 216 valence electrons. The summed E-state index contributed by atoms with van der Waals surface area (Å²) in [6, 6.07) is 14.4. The van der Waals surface area contributed by atoms with Crippen LogP contribution in [0, 0.1) is 16.7 Å². The molecule has 2 aliphatic rings. The first-order valence-corrected chi connectivity index (χ1v) is 15.4. The molecule has 1 aliphatic carbocycles. The molecule has 0 radical (unpaired) electrons. The van der Waals surface area contributed by atoms with Crippen molar-refractivity contribution in [3.63, 3.8) is 0 Å². The van der Waals surface area contributed by atoms with Crippen LogP contribution in [-0.2, 0) is 9.59 Å². The number of thioether (sulfide) groups is 1. The largest absolute Gasteiger partial charge is 0.495 e. The normalized spacial score (nSPS) is 18.0. The van der Waals surface area contributed by atoms with Gasteiger partial charge >= 0.3 is 0 Å². The SMILES string of the molecule is COc1ccc(NC(=O)CSc2nnc(N3C(N)=C(C#N)C(c4ccccc4Cl)C4=C3CC(C)(C)CC4=O)s2)cc1Cl. The Labute approximate surface area is 261 Å². The molecule has 0 spiro atoms. The second kappa shape index (κ2) is 12.0. The molecule has 0 saturated heterocycles. The first-order valence-electron chi connectivity index (χ1n) is 12.8. The van der Waals surface area contributed by atoms with Crippen LogP contribution >= 0.6 is 46.3 Å². The summed E-state index contributed by atoms with van der Waals surface area (Å²) < 4.78 is 5.67. The molecule has 2 aromatic carbocycles. The predicted octanol–water partition coefficient (Wildman–Crippen LogP) is 6.53. The van der Waals surface area contributed by atoms with E-state index in [4.69, 9.17) is 33.7 Å². The summed E-state index contributed by atoms with van der Waals surface area (Å²) in [5.74, 6) is -0.249. The number of allylic oxidation sites excluding steroid dienone is 3. The summed E-state index contributed by atoms with van der Waals surface area (Å²) in [7, 11) is 1.52. The van der Waals surface area contributed by atoms with Gasteiger partial charge in [0, 0.05) is 28.4 Å². The second-order valence-electron chi connectivity index (χ2n) is 10.5. The highest BCUT2D eigenvalue weighted by molar-refractivity contribution is 8.01. The standard InChI is InChI=1S/C29H26Cl2N6O3S2/c1-29(2)11-20-25(21(38)12-29)24(16-6-4-5-7-18(16)30)17(13-32)26(33)37(20)27-35-36-28(42-27)41-14-23(39)34-15-8-9-22(40-3)19(31)10-15/h4-10,24H,11-12,14,33H2,1-3H3,(H,34,39). The monoisotopic (exact) mass is 640 g/mol. The quantitative estimate of drug-likeness (QED) is 0.276. The molecule has 5 rings (SSSR count). The van der Waals surface area contributed by atoms with E-state index in [0.29, 0.717) is 60.6 Å². The van der Waals surface area contributed by atoms with Crippen LogP contribution in [0.4, 0.5) is 10.8 Å². The van der Waals surface area contributed by atoms with E-state index in [0.717, 1.165) is 0 Å². The van der Waals surface area contributed by atoms with E-state index in [-0.39, 0.29) is 34.3 Å². The minimum Gasteiger partial charge on any atom is -0.495 e. The molecule has 0 fully saturated rings. The topological polar surface area (TPSA) is 134 Å². The van der Waals surface area contributed by atoms with Crippen molar-refractivity contribution in [1.29, 1.82) is 5.26 Å². The van der Waals surface area contributed by atoms with E-state index in [1.165, 1.54) is 30.2 Å². The van der Waals surface area contributed by atoms with Gasteiger partial charge in [0.15, 0.2) is 10.1 Å². The first-order chi connectivity index (χ1) is 20.0. The third-order valence-electron chi connectivity index (χ3n) is 6.95. The molecule has 9 nitrogen and oxygen atoms in total. The van der Waals surface area contributed by atoms with Gasteiger partial charge in [-0.25, -0.2) is 0 Å². The summed E-state index contributed by atoms with van der Waals surface area (Å²) in [5, 5.41) is 22.9. The zero-order valence-corrected chi connectivity index (χ0v) is 26.0. The number of nitrogens with zero attached hydrogens (tertiary/aromatic N) is 4. The van der Waals surface area contributed by atoms with Crippen LogP contribution in [0.3, 0.4) is 0 Å². The number of hydrogen-bond donors (Lipinski definition) is 2. The van der Waals surface area contributed by atoms with Crippen molar-refractivity contribution in [3.8, 4) is 11.8 Å². The first kappa shape index (κ1) is 29.9. The predicted molar refractivity (Wildman–Crippen MR) is 166 cm³/mol. The summed E-state index contributed by atoms with van der Waals surface area (Å²) in [4.78, 5) is 28.0. The number of benzene rings is 2. The maximum atomic E-state index is 13.7. The van der Waals surface area contributed by atoms with Crippen LogP contribution < -0.4 is 20.7 Å². The average Bonchev–Trinajstić information content (AvgIpc) is 3.39. The average molecular weight is 642 g/mol. The number of anilines is 2. The number of ether oxygens (including phenoxy) is 1. The Morgan fingerprint density at radius 1 is 1.24 bits per heavy atom. The molecule has 3 N–H and O–H groups in total. The molecule has 2 heterocycles. The summed E-state index contributed by atoms with van der Waals surface area (Å²) in [6.45, 7) is 4.04. The number of hydrogen-bond acceptors (Lipinski definition) is 10. The molecular formula is C29H26Cl2N6O3S2. The minimum atomic E-state index is -0.685. The van der Waals surface area contributed by atoms with Gasteiger partial charge in [-0.1, -0.05) is 78.3 Å². The Bertz CT molecular complexity index is 1690. The highest BCUT2D eigenvalue weighted by Crippen LogP contribution is 2.51. The zero-order valence-electron chi connectivity index (χ0n) is 22.9. The number of nitrogens with two attached hydrogens (primary N) is 1. The van der Waals surface area contributed by atoms with Crippen molar-refractivity contribution in [2.45, 2.75) is 36.9 Å². The summed E-state index contributed by atoms with van der Waals surface area (Å²) in [5.41, 5.74) is 8.92. The number of carbonyl (C=O) groups excluding carboxylic acids is 2. The summed E-state index contributed by atoms with van der Waals surface area (Å²) >= 11 is 15.1. The number of halogens is 2.